The summed E-state index contributed by atoms with van der Waals surface area (Å²) in [7, 11) is 0. The minimum Gasteiger partial charge on any atom is -0.376 e. The molecule has 1 fully saturated rings. The predicted molar refractivity (Wildman–Crippen MR) is 133 cm³/mol. The van der Waals surface area contributed by atoms with Gasteiger partial charge >= 0.3 is 0 Å². The van der Waals surface area contributed by atoms with Crippen LogP contribution in [0.25, 0.3) is 5.69 Å². The molecule has 33 heavy (non-hydrogen) atoms. The van der Waals surface area contributed by atoms with Crippen molar-refractivity contribution in [3.05, 3.63) is 82.9 Å². The Kier molecular flexibility index (Phi) is 7.93. The summed E-state index contributed by atoms with van der Waals surface area (Å²) in [5.41, 5.74) is 5.60. The molecule has 5 rings (SSSR count). The lowest BCUT2D eigenvalue weighted by Gasteiger charge is -2.12. The van der Waals surface area contributed by atoms with Gasteiger partial charge < -0.3 is 10.1 Å². The van der Waals surface area contributed by atoms with E-state index in [1.807, 2.05) is 53.1 Å². The third kappa shape index (κ3) is 4.81. The van der Waals surface area contributed by atoms with Crippen molar-refractivity contribution in [1.82, 2.24) is 14.9 Å². The smallest absolute Gasteiger partial charge is 0.271 e. The van der Waals surface area contributed by atoms with Crippen molar-refractivity contribution in [2.75, 3.05) is 13.2 Å². The summed E-state index contributed by atoms with van der Waals surface area (Å²) in [6.45, 7) is 1.59. The highest BCUT2D eigenvalue weighted by Crippen LogP contribution is 2.27. The zero-order chi connectivity index (χ0) is 21.2. The quantitative estimate of drug-likeness (QED) is 0.572. The van der Waals surface area contributed by atoms with Crippen molar-refractivity contribution in [1.29, 1.82) is 0 Å². The van der Waals surface area contributed by atoms with Gasteiger partial charge in [0.05, 0.1) is 29.7 Å². The number of imidazole rings is 1. The van der Waals surface area contributed by atoms with Gasteiger partial charge in [0.15, 0.2) is 5.69 Å². The molecule has 3 aromatic rings. The van der Waals surface area contributed by atoms with Gasteiger partial charge in [0.25, 0.3) is 5.91 Å². The van der Waals surface area contributed by atoms with Crippen LogP contribution in [0.4, 0.5) is 0 Å². The number of rotatable bonds is 4. The second-order valence-electron chi connectivity index (χ2n) is 7.66. The lowest BCUT2D eigenvalue weighted by atomic mass is 9.98. The normalized spacial score (nSPS) is 16.1. The van der Waals surface area contributed by atoms with Gasteiger partial charge in [-0.1, -0.05) is 36.3 Å². The highest BCUT2D eigenvalue weighted by molar-refractivity contribution is 6.15. The molecule has 1 aromatic heterocycles. The zero-order valence-electron chi connectivity index (χ0n) is 17.9. The van der Waals surface area contributed by atoms with Gasteiger partial charge in [-0.3, -0.25) is 14.4 Å². The summed E-state index contributed by atoms with van der Waals surface area (Å²) in [5.74, 6) is 2.50. The van der Waals surface area contributed by atoms with E-state index >= 15 is 0 Å². The number of nitrogens with one attached hydrogen (secondary N) is 1. The Hall–Kier alpha value is -3.11. The molecule has 1 saturated heterocycles. The summed E-state index contributed by atoms with van der Waals surface area (Å²) in [5, 5.41) is 2.97. The van der Waals surface area contributed by atoms with Crippen molar-refractivity contribution >= 4 is 36.4 Å². The Balaban J connectivity index is 0.00000153. The molecule has 3 heterocycles. The lowest BCUT2D eigenvalue weighted by Crippen LogP contribution is -2.32. The first kappa shape index (κ1) is 24.5. The number of aromatic nitrogens is 2. The molecular weight excluding hydrogens is 459 g/mol. The maximum Gasteiger partial charge on any atom is 0.271 e. The third-order valence-electron chi connectivity index (χ3n) is 5.71. The number of aliphatic imine (C=N–C) groups is 1. The number of carbonyl (C=O) groups excluding carboxylic acids is 1. The SMILES string of the molecule is C#Cc1ccc2c(c1)C(c1ccccc1)=NCc1c(C(=O)NCC3CCCO3)ncn1-2.Cl.Cl. The molecule has 8 heteroatoms. The van der Waals surface area contributed by atoms with Gasteiger partial charge in [-0.2, -0.15) is 0 Å². The predicted octanol–water partition coefficient (Wildman–Crippen LogP) is 3.96. The Morgan fingerprint density at radius 3 is 2.76 bits per heavy atom. The largest absolute Gasteiger partial charge is 0.376 e. The van der Waals surface area contributed by atoms with E-state index in [0.29, 0.717) is 18.8 Å². The molecule has 2 aliphatic rings. The standard InChI is InChI=1S/C25H22N4O2.2ClH/c1-2-17-10-11-21-20(13-17)23(18-7-4-3-5-8-18)26-15-22-24(28-16-29(21)22)25(30)27-14-19-9-6-12-31-19;;/h1,3-5,7-8,10-11,13,16,19H,6,9,12,14-15H2,(H,27,30);2*1H. The number of carbonyl (C=O) groups is 1. The van der Waals surface area contributed by atoms with Gasteiger partial charge in [-0.05, 0) is 31.0 Å². The number of fused-ring (bicyclic) bond motifs is 3. The van der Waals surface area contributed by atoms with Crippen LogP contribution in [0.3, 0.4) is 0 Å². The van der Waals surface area contributed by atoms with Crippen LogP contribution in [0.5, 0.6) is 0 Å². The average molecular weight is 483 g/mol. The van der Waals surface area contributed by atoms with Crippen LogP contribution in [-0.2, 0) is 11.3 Å². The summed E-state index contributed by atoms with van der Waals surface area (Å²) < 4.78 is 7.55. The molecule has 1 atom stereocenters. The first-order chi connectivity index (χ1) is 15.2. The maximum absolute atomic E-state index is 12.9. The van der Waals surface area contributed by atoms with Crippen LogP contribution >= 0.6 is 24.8 Å². The summed E-state index contributed by atoms with van der Waals surface area (Å²) >= 11 is 0. The lowest BCUT2D eigenvalue weighted by molar-refractivity contribution is 0.0853. The molecule has 0 spiro atoms. The third-order valence-corrected chi connectivity index (χ3v) is 5.71. The van der Waals surface area contributed by atoms with E-state index < -0.39 is 0 Å². The summed E-state index contributed by atoms with van der Waals surface area (Å²) in [4.78, 5) is 22.2. The van der Waals surface area contributed by atoms with E-state index in [4.69, 9.17) is 16.2 Å². The Morgan fingerprint density at radius 1 is 1.21 bits per heavy atom. The molecular formula is C25H24Cl2N4O2. The first-order valence-electron chi connectivity index (χ1n) is 10.4. The van der Waals surface area contributed by atoms with E-state index in [-0.39, 0.29) is 36.8 Å². The molecule has 6 nitrogen and oxygen atoms in total. The number of hydrogen-bond acceptors (Lipinski definition) is 4. The number of amides is 1. The molecule has 1 amide bonds. The minimum atomic E-state index is -0.204. The molecule has 170 valence electrons. The van der Waals surface area contributed by atoms with Crippen LogP contribution in [0.2, 0.25) is 0 Å². The number of ether oxygens (including phenoxy) is 1. The van der Waals surface area contributed by atoms with E-state index in [1.165, 1.54) is 0 Å². The second-order valence-corrected chi connectivity index (χ2v) is 7.66. The van der Waals surface area contributed by atoms with E-state index in [1.54, 1.807) is 6.33 Å². The van der Waals surface area contributed by atoms with Crippen molar-refractivity contribution in [2.45, 2.75) is 25.5 Å². The fraction of sp³-hybridized carbons (Fsp3) is 0.240. The Morgan fingerprint density at radius 2 is 2.03 bits per heavy atom. The van der Waals surface area contributed by atoms with Crippen LogP contribution in [-0.4, -0.2) is 40.4 Å². The number of terminal acetylenes is 1. The fourth-order valence-corrected chi connectivity index (χ4v) is 4.13. The summed E-state index contributed by atoms with van der Waals surface area (Å²) in [6, 6.07) is 15.8. The van der Waals surface area contributed by atoms with Crippen molar-refractivity contribution < 1.29 is 9.53 Å². The van der Waals surface area contributed by atoms with Gasteiger partial charge in [0.2, 0.25) is 0 Å². The van der Waals surface area contributed by atoms with Gasteiger partial charge in [-0.25, -0.2) is 4.98 Å². The van der Waals surface area contributed by atoms with E-state index in [2.05, 4.69) is 16.2 Å². The van der Waals surface area contributed by atoms with Gasteiger partial charge in [-0.15, -0.1) is 31.2 Å². The molecule has 2 aliphatic heterocycles. The van der Waals surface area contributed by atoms with E-state index in [9.17, 15) is 4.79 Å². The van der Waals surface area contributed by atoms with Gasteiger partial charge in [0.1, 0.15) is 6.33 Å². The highest BCUT2D eigenvalue weighted by Gasteiger charge is 2.25. The number of nitrogens with zero attached hydrogens (tertiary/aromatic N) is 3. The minimum absolute atomic E-state index is 0. The highest BCUT2D eigenvalue weighted by atomic mass is 35.5. The van der Waals surface area contributed by atoms with Crippen molar-refractivity contribution in [3.63, 3.8) is 0 Å². The van der Waals surface area contributed by atoms with Crippen LogP contribution < -0.4 is 5.32 Å². The molecule has 0 radical (unpaired) electrons. The molecule has 0 bridgehead atoms. The molecule has 0 aliphatic carbocycles. The monoisotopic (exact) mass is 482 g/mol. The topological polar surface area (TPSA) is 68.5 Å². The van der Waals surface area contributed by atoms with Crippen molar-refractivity contribution in [2.24, 2.45) is 4.99 Å². The van der Waals surface area contributed by atoms with Crippen LogP contribution in [0.1, 0.15) is 45.7 Å². The first-order valence-corrected chi connectivity index (χ1v) is 10.4. The van der Waals surface area contributed by atoms with Gasteiger partial charge in [0, 0.05) is 29.8 Å². The van der Waals surface area contributed by atoms with Crippen LogP contribution in [0, 0.1) is 12.3 Å². The Labute approximate surface area is 205 Å². The van der Waals surface area contributed by atoms with E-state index in [0.717, 1.165) is 53.2 Å². The van der Waals surface area contributed by atoms with Crippen LogP contribution in [0.15, 0.2) is 59.9 Å². The number of halogens is 2. The maximum atomic E-state index is 12.9. The zero-order valence-corrected chi connectivity index (χ0v) is 19.5. The Bertz CT molecular complexity index is 1210. The fourth-order valence-electron chi connectivity index (χ4n) is 4.13. The average Bonchev–Trinajstić information content (AvgIpc) is 3.45. The second kappa shape index (κ2) is 10.7. The van der Waals surface area contributed by atoms with Crippen molar-refractivity contribution in [3.8, 4) is 18.0 Å². The molecule has 1 unspecified atom stereocenters. The number of hydrogen-bond donors (Lipinski definition) is 1. The molecule has 2 aromatic carbocycles. The molecule has 1 N–H and O–H groups in total. The number of benzene rings is 2. The summed E-state index contributed by atoms with van der Waals surface area (Å²) in [6.07, 6.45) is 9.43. The molecule has 0 saturated carbocycles.